The number of amides is 1. The van der Waals surface area contributed by atoms with Crippen molar-refractivity contribution in [3.63, 3.8) is 0 Å². The van der Waals surface area contributed by atoms with Gasteiger partial charge in [0.25, 0.3) is 0 Å². The molecule has 0 spiro atoms. The summed E-state index contributed by atoms with van der Waals surface area (Å²) in [5.74, 6) is 0.553. The van der Waals surface area contributed by atoms with Gasteiger partial charge in [0.05, 0.1) is 0 Å². The van der Waals surface area contributed by atoms with Gasteiger partial charge >= 0.3 is 0 Å². The second-order valence-corrected chi connectivity index (χ2v) is 5.76. The molecule has 6 heteroatoms. The summed E-state index contributed by atoms with van der Waals surface area (Å²) in [5, 5.41) is 4.14. The lowest BCUT2D eigenvalue weighted by atomic mass is 9.94. The van der Waals surface area contributed by atoms with E-state index in [1.807, 2.05) is 28.8 Å². The molecule has 0 aromatic carbocycles. The van der Waals surface area contributed by atoms with E-state index in [0.29, 0.717) is 12.3 Å². The Labute approximate surface area is 130 Å². The molecule has 116 valence electrons. The van der Waals surface area contributed by atoms with Crippen molar-refractivity contribution >= 4 is 5.91 Å². The van der Waals surface area contributed by atoms with Crippen LogP contribution in [0.5, 0.6) is 0 Å². The maximum atomic E-state index is 12.4. The number of nitrogens with zero attached hydrogens (tertiary/aromatic N) is 5. The molecule has 1 fully saturated rings. The molecule has 2 aromatic rings. The van der Waals surface area contributed by atoms with E-state index < -0.39 is 0 Å². The summed E-state index contributed by atoms with van der Waals surface area (Å²) in [7, 11) is 1.91. The molecule has 0 radical (unpaired) electrons. The van der Waals surface area contributed by atoms with Crippen LogP contribution in [0.3, 0.4) is 0 Å². The first-order chi connectivity index (χ1) is 10.7. The summed E-state index contributed by atoms with van der Waals surface area (Å²) in [6, 6.07) is 3.92. The fraction of sp³-hybridized carbons (Fsp3) is 0.500. The highest BCUT2D eigenvalue weighted by Gasteiger charge is 2.25. The normalized spacial score (nSPS) is 18.4. The molecule has 1 atom stereocenters. The summed E-state index contributed by atoms with van der Waals surface area (Å²) in [6.07, 6.45) is 8.52. The van der Waals surface area contributed by atoms with Crippen LogP contribution in [0.25, 0.3) is 0 Å². The monoisotopic (exact) mass is 299 g/mol. The zero-order chi connectivity index (χ0) is 15.4. The number of carbonyl (C=O) groups excluding carboxylic acids is 1. The first-order valence-electron chi connectivity index (χ1n) is 7.74. The average molecular weight is 299 g/mol. The summed E-state index contributed by atoms with van der Waals surface area (Å²) >= 11 is 0. The standard InChI is InChI=1S/C16H21N5O/c1-20-14(6-9-19-20)4-5-16(22)21-10-2-3-13(11-21)15-7-8-17-12-18-15/h6-9,12-13H,2-5,10-11H2,1H3/t13-/m1/s1. The highest BCUT2D eigenvalue weighted by atomic mass is 16.2. The summed E-state index contributed by atoms with van der Waals surface area (Å²) in [6.45, 7) is 1.62. The van der Waals surface area contributed by atoms with E-state index in [1.54, 1.807) is 18.7 Å². The molecule has 6 nitrogen and oxygen atoms in total. The maximum absolute atomic E-state index is 12.4. The molecule has 1 aliphatic heterocycles. The summed E-state index contributed by atoms with van der Waals surface area (Å²) in [5.41, 5.74) is 2.14. The van der Waals surface area contributed by atoms with Crippen molar-refractivity contribution < 1.29 is 4.79 Å². The first-order valence-corrected chi connectivity index (χ1v) is 7.74. The van der Waals surface area contributed by atoms with E-state index in [1.165, 1.54) is 0 Å². The molecule has 2 aromatic heterocycles. The molecular weight excluding hydrogens is 278 g/mol. The summed E-state index contributed by atoms with van der Waals surface area (Å²) in [4.78, 5) is 22.7. The minimum Gasteiger partial charge on any atom is -0.342 e. The van der Waals surface area contributed by atoms with Crippen LogP contribution in [-0.2, 0) is 18.3 Å². The highest BCUT2D eigenvalue weighted by Crippen LogP contribution is 2.25. The Bertz CT molecular complexity index is 624. The lowest BCUT2D eigenvalue weighted by Crippen LogP contribution is -2.39. The van der Waals surface area contributed by atoms with E-state index in [0.717, 1.165) is 43.7 Å². The van der Waals surface area contributed by atoms with Gasteiger partial charge in [0.1, 0.15) is 6.33 Å². The Balaban J connectivity index is 1.57. The number of piperidine rings is 1. The van der Waals surface area contributed by atoms with Crippen LogP contribution >= 0.6 is 0 Å². The minimum absolute atomic E-state index is 0.222. The lowest BCUT2D eigenvalue weighted by Gasteiger charge is -2.32. The molecule has 0 saturated carbocycles. The van der Waals surface area contributed by atoms with E-state index in [-0.39, 0.29) is 5.91 Å². The van der Waals surface area contributed by atoms with Gasteiger partial charge in [-0.05, 0) is 31.4 Å². The average Bonchev–Trinajstić information content (AvgIpc) is 2.99. The third-order valence-corrected chi connectivity index (χ3v) is 4.31. The topological polar surface area (TPSA) is 63.9 Å². The van der Waals surface area contributed by atoms with Crippen molar-refractivity contribution in [1.82, 2.24) is 24.6 Å². The molecule has 1 aliphatic rings. The van der Waals surface area contributed by atoms with Gasteiger partial charge in [0.2, 0.25) is 5.91 Å². The van der Waals surface area contributed by atoms with Gasteiger partial charge in [-0.1, -0.05) is 0 Å². The molecule has 0 aliphatic carbocycles. The van der Waals surface area contributed by atoms with Crippen molar-refractivity contribution in [1.29, 1.82) is 0 Å². The largest absolute Gasteiger partial charge is 0.342 e. The Morgan fingerprint density at radius 2 is 2.27 bits per heavy atom. The van der Waals surface area contributed by atoms with Gasteiger partial charge in [0.15, 0.2) is 0 Å². The quantitative estimate of drug-likeness (QED) is 0.859. The predicted octanol–water partition coefficient (Wildman–Crippen LogP) is 1.55. The Kier molecular flexibility index (Phi) is 4.46. The van der Waals surface area contributed by atoms with Crippen molar-refractivity contribution in [2.45, 2.75) is 31.6 Å². The number of rotatable bonds is 4. The van der Waals surface area contributed by atoms with Gasteiger partial charge in [-0.15, -0.1) is 0 Å². The van der Waals surface area contributed by atoms with Crippen LogP contribution in [-0.4, -0.2) is 43.6 Å². The fourth-order valence-corrected chi connectivity index (χ4v) is 3.03. The third kappa shape index (κ3) is 3.32. The number of hydrogen-bond donors (Lipinski definition) is 0. The molecule has 1 amide bonds. The molecular formula is C16H21N5O. The van der Waals surface area contributed by atoms with E-state index in [9.17, 15) is 4.79 Å². The SMILES string of the molecule is Cn1nccc1CCC(=O)N1CCC[C@@H](c2ccncn2)C1. The van der Waals surface area contributed by atoms with Gasteiger partial charge in [-0.25, -0.2) is 9.97 Å². The Morgan fingerprint density at radius 3 is 3.00 bits per heavy atom. The van der Waals surface area contributed by atoms with Gasteiger partial charge < -0.3 is 4.90 Å². The first kappa shape index (κ1) is 14.7. The maximum Gasteiger partial charge on any atom is 0.222 e. The second kappa shape index (κ2) is 6.68. The number of aryl methyl sites for hydroxylation is 2. The van der Waals surface area contributed by atoms with Crippen molar-refractivity contribution in [2.24, 2.45) is 7.05 Å². The zero-order valence-electron chi connectivity index (χ0n) is 12.9. The van der Waals surface area contributed by atoms with Crippen LogP contribution < -0.4 is 0 Å². The number of carbonyl (C=O) groups is 1. The fourth-order valence-electron chi connectivity index (χ4n) is 3.03. The number of hydrogen-bond acceptors (Lipinski definition) is 4. The van der Waals surface area contributed by atoms with Crippen molar-refractivity contribution in [3.05, 3.63) is 42.2 Å². The molecule has 0 N–H and O–H groups in total. The third-order valence-electron chi connectivity index (χ3n) is 4.31. The molecule has 0 unspecified atom stereocenters. The van der Waals surface area contributed by atoms with Crippen molar-refractivity contribution in [3.8, 4) is 0 Å². The molecule has 3 heterocycles. The van der Waals surface area contributed by atoms with E-state index in [4.69, 9.17) is 0 Å². The smallest absolute Gasteiger partial charge is 0.222 e. The Morgan fingerprint density at radius 1 is 1.36 bits per heavy atom. The Hall–Kier alpha value is -2.24. The summed E-state index contributed by atoms with van der Waals surface area (Å²) < 4.78 is 1.83. The molecule has 1 saturated heterocycles. The van der Waals surface area contributed by atoms with Crippen molar-refractivity contribution in [2.75, 3.05) is 13.1 Å². The minimum atomic E-state index is 0.222. The van der Waals surface area contributed by atoms with Crippen LogP contribution in [0.15, 0.2) is 30.9 Å². The zero-order valence-corrected chi connectivity index (χ0v) is 12.9. The van der Waals surface area contributed by atoms with Gasteiger partial charge in [-0.3, -0.25) is 9.48 Å². The van der Waals surface area contributed by atoms with Gasteiger partial charge in [0, 0.05) is 56.3 Å². The number of likely N-dealkylation sites (tertiary alicyclic amines) is 1. The highest BCUT2D eigenvalue weighted by molar-refractivity contribution is 5.76. The second-order valence-electron chi connectivity index (χ2n) is 5.76. The van der Waals surface area contributed by atoms with Gasteiger partial charge in [-0.2, -0.15) is 5.10 Å². The van der Waals surface area contributed by atoms with Crippen LogP contribution in [0.2, 0.25) is 0 Å². The van der Waals surface area contributed by atoms with Crippen LogP contribution in [0.4, 0.5) is 0 Å². The molecule has 22 heavy (non-hydrogen) atoms. The molecule has 3 rings (SSSR count). The van der Waals surface area contributed by atoms with Crippen LogP contribution in [0, 0.1) is 0 Å². The van der Waals surface area contributed by atoms with E-state index in [2.05, 4.69) is 15.1 Å². The molecule has 0 bridgehead atoms. The predicted molar refractivity (Wildman–Crippen MR) is 82.1 cm³/mol. The lowest BCUT2D eigenvalue weighted by molar-refractivity contribution is -0.132. The van der Waals surface area contributed by atoms with E-state index >= 15 is 0 Å². The van der Waals surface area contributed by atoms with Crippen LogP contribution in [0.1, 0.15) is 36.6 Å². The number of aromatic nitrogens is 4.